The first kappa shape index (κ1) is 14.2. The van der Waals surface area contributed by atoms with Gasteiger partial charge in [-0.05, 0) is 38.8 Å². The fourth-order valence-electron chi connectivity index (χ4n) is 1.94. The van der Waals surface area contributed by atoms with E-state index in [-0.39, 0.29) is 18.1 Å². The molecule has 0 bridgehead atoms. The third-order valence-electron chi connectivity index (χ3n) is 2.79. The summed E-state index contributed by atoms with van der Waals surface area (Å²) in [5.74, 6) is 0.548. The van der Waals surface area contributed by atoms with Crippen LogP contribution in [0.1, 0.15) is 26.7 Å². The molecule has 1 aromatic rings. The topological polar surface area (TPSA) is 47.6 Å². The molecule has 0 saturated carbocycles. The average Bonchev–Trinajstić information content (AvgIpc) is 2.85. The quantitative estimate of drug-likeness (QED) is 0.923. The molecular weight excluding hydrogens is 266 g/mol. The summed E-state index contributed by atoms with van der Waals surface area (Å²) < 4.78 is 10.9. The number of halogens is 1. The number of amides is 1. The van der Waals surface area contributed by atoms with Crippen LogP contribution in [0.2, 0.25) is 5.02 Å². The second kappa shape index (κ2) is 6.26. The third-order valence-corrected chi connectivity index (χ3v) is 3.11. The van der Waals surface area contributed by atoms with E-state index in [4.69, 9.17) is 21.1 Å². The minimum atomic E-state index is -0.359. The van der Waals surface area contributed by atoms with Crippen LogP contribution in [0.3, 0.4) is 0 Å². The molecule has 1 atom stereocenters. The van der Waals surface area contributed by atoms with Crippen molar-refractivity contribution in [1.82, 2.24) is 0 Å². The molecule has 2 rings (SSSR count). The average molecular weight is 284 g/mol. The number of hydrogen-bond acceptors (Lipinski definition) is 3. The van der Waals surface area contributed by atoms with Gasteiger partial charge in [0.05, 0.1) is 16.8 Å². The number of carbonyl (C=O) groups excluding carboxylic acids is 1. The van der Waals surface area contributed by atoms with Crippen LogP contribution in [0.25, 0.3) is 0 Å². The van der Waals surface area contributed by atoms with E-state index in [1.165, 1.54) is 0 Å². The molecule has 0 aromatic heterocycles. The molecule has 1 saturated heterocycles. The highest BCUT2D eigenvalue weighted by atomic mass is 35.5. The van der Waals surface area contributed by atoms with Crippen molar-refractivity contribution >= 4 is 23.2 Å². The summed E-state index contributed by atoms with van der Waals surface area (Å²) in [7, 11) is 0. The number of benzene rings is 1. The van der Waals surface area contributed by atoms with Crippen molar-refractivity contribution in [1.29, 1.82) is 0 Å². The first-order chi connectivity index (χ1) is 9.06. The lowest BCUT2D eigenvalue weighted by molar-refractivity contribution is -0.124. The third kappa shape index (κ3) is 3.85. The normalized spacial score (nSPS) is 18.6. The summed E-state index contributed by atoms with van der Waals surface area (Å²) in [4.78, 5) is 11.9. The Bertz CT molecular complexity index is 456. The summed E-state index contributed by atoms with van der Waals surface area (Å²) in [5, 5.41) is 3.24. The van der Waals surface area contributed by atoms with Crippen molar-refractivity contribution in [2.45, 2.75) is 38.9 Å². The number of nitrogens with one attached hydrogen (secondary N) is 1. The molecule has 0 radical (unpaired) electrons. The molecule has 19 heavy (non-hydrogen) atoms. The lowest BCUT2D eigenvalue weighted by atomic mass is 10.2. The molecule has 0 unspecified atom stereocenters. The maximum Gasteiger partial charge on any atom is 0.253 e. The Morgan fingerprint density at radius 2 is 2.32 bits per heavy atom. The predicted octanol–water partition coefficient (Wildman–Crippen LogP) is 3.24. The van der Waals surface area contributed by atoms with E-state index in [1.54, 1.807) is 18.2 Å². The van der Waals surface area contributed by atoms with Gasteiger partial charge in [-0.15, -0.1) is 0 Å². The van der Waals surface area contributed by atoms with E-state index in [0.717, 1.165) is 12.8 Å². The Morgan fingerprint density at radius 1 is 1.53 bits per heavy atom. The number of rotatable bonds is 4. The second-order valence-corrected chi connectivity index (χ2v) is 5.21. The zero-order chi connectivity index (χ0) is 13.8. The largest absolute Gasteiger partial charge is 0.491 e. The molecule has 1 heterocycles. The molecule has 104 valence electrons. The number of anilines is 1. The zero-order valence-electron chi connectivity index (χ0n) is 11.1. The van der Waals surface area contributed by atoms with Gasteiger partial charge in [0.25, 0.3) is 5.91 Å². The van der Waals surface area contributed by atoms with E-state index < -0.39 is 0 Å². The maximum absolute atomic E-state index is 11.9. The highest BCUT2D eigenvalue weighted by Crippen LogP contribution is 2.28. The lowest BCUT2D eigenvalue weighted by Gasteiger charge is -2.14. The smallest absolute Gasteiger partial charge is 0.253 e. The van der Waals surface area contributed by atoms with Crippen LogP contribution in [0.5, 0.6) is 5.75 Å². The molecule has 1 fully saturated rings. The number of ether oxygens (including phenoxy) is 2. The molecule has 0 spiro atoms. The summed E-state index contributed by atoms with van der Waals surface area (Å²) in [6.45, 7) is 4.54. The van der Waals surface area contributed by atoms with Crippen molar-refractivity contribution in [3.8, 4) is 5.75 Å². The van der Waals surface area contributed by atoms with Gasteiger partial charge < -0.3 is 14.8 Å². The van der Waals surface area contributed by atoms with Gasteiger partial charge in [0.1, 0.15) is 11.9 Å². The second-order valence-electron chi connectivity index (χ2n) is 4.80. The first-order valence-electron chi connectivity index (χ1n) is 6.45. The molecule has 1 amide bonds. The highest BCUT2D eigenvalue weighted by molar-refractivity contribution is 6.33. The molecule has 4 nitrogen and oxygen atoms in total. The van der Waals surface area contributed by atoms with Gasteiger partial charge in [0.2, 0.25) is 0 Å². The van der Waals surface area contributed by atoms with E-state index in [1.807, 2.05) is 13.8 Å². The Kier molecular flexibility index (Phi) is 4.66. The first-order valence-corrected chi connectivity index (χ1v) is 6.82. The number of hydrogen-bond donors (Lipinski definition) is 1. The lowest BCUT2D eigenvalue weighted by Crippen LogP contribution is -2.26. The van der Waals surface area contributed by atoms with Crippen LogP contribution in [-0.4, -0.2) is 24.7 Å². The monoisotopic (exact) mass is 283 g/mol. The molecule has 1 aliphatic rings. The van der Waals surface area contributed by atoms with Crippen LogP contribution >= 0.6 is 11.6 Å². The van der Waals surface area contributed by atoms with Crippen molar-refractivity contribution in [2.24, 2.45) is 0 Å². The van der Waals surface area contributed by atoms with Gasteiger partial charge in [-0.3, -0.25) is 4.79 Å². The highest BCUT2D eigenvalue weighted by Gasteiger charge is 2.24. The van der Waals surface area contributed by atoms with Crippen molar-refractivity contribution < 1.29 is 14.3 Å². The van der Waals surface area contributed by atoms with Crippen LogP contribution in [-0.2, 0) is 9.53 Å². The van der Waals surface area contributed by atoms with Gasteiger partial charge in [-0.1, -0.05) is 11.6 Å². The standard InChI is InChI=1S/C14H18ClNO3/c1-9(2)19-10-5-6-12(11(15)8-10)16-14(17)13-4-3-7-18-13/h5-6,8-9,13H,3-4,7H2,1-2H3,(H,16,17)/t13-/m1/s1. The van der Waals surface area contributed by atoms with Gasteiger partial charge in [-0.2, -0.15) is 0 Å². The molecular formula is C14H18ClNO3. The van der Waals surface area contributed by atoms with E-state index >= 15 is 0 Å². The fraction of sp³-hybridized carbons (Fsp3) is 0.500. The SMILES string of the molecule is CC(C)Oc1ccc(NC(=O)[C@H]2CCCO2)c(Cl)c1. The van der Waals surface area contributed by atoms with E-state index in [2.05, 4.69) is 5.32 Å². The number of carbonyl (C=O) groups is 1. The summed E-state index contributed by atoms with van der Waals surface area (Å²) >= 11 is 6.13. The maximum atomic E-state index is 11.9. The van der Waals surface area contributed by atoms with Gasteiger partial charge in [0, 0.05) is 12.7 Å². The van der Waals surface area contributed by atoms with Crippen LogP contribution in [0.4, 0.5) is 5.69 Å². The van der Waals surface area contributed by atoms with E-state index in [0.29, 0.717) is 23.1 Å². The molecule has 0 aliphatic carbocycles. The summed E-state index contributed by atoms with van der Waals surface area (Å²) in [5.41, 5.74) is 0.582. The predicted molar refractivity (Wildman–Crippen MR) is 74.8 cm³/mol. The zero-order valence-corrected chi connectivity index (χ0v) is 11.9. The van der Waals surface area contributed by atoms with Crippen LogP contribution in [0.15, 0.2) is 18.2 Å². The van der Waals surface area contributed by atoms with Gasteiger partial charge >= 0.3 is 0 Å². The Morgan fingerprint density at radius 3 is 2.89 bits per heavy atom. The summed E-state index contributed by atoms with van der Waals surface area (Å²) in [6.07, 6.45) is 1.41. The Hall–Kier alpha value is -1.26. The van der Waals surface area contributed by atoms with Crippen molar-refractivity contribution in [3.05, 3.63) is 23.2 Å². The Labute approximate surface area is 118 Å². The van der Waals surface area contributed by atoms with E-state index in [9.17, 15) is 4.79 Å². The molecule has 1 aliphatic heterocycles. The van der Waals surface area contributed by atoms with Crippen LogP contribution < -0.4 is 10.1 Å². The minimum absolute atomic E-state index is 0.0865. The molecule has 1 aromatic carbocycles. The van der Waals surface area contributed by atoms with Crippen molar-refractivity contribution in [3.63, 3.8) is 0 Å². The van der Waals surface area contributed by atoms with Crippen LogP contribution in [0, 0.1) is 0 Å². The van der Waals surface area contributed by atoms with Gasteiger partial charge in [-0.25, -0.2) is 0 Å². The van der Waals surface area contributed by atoms with Crippen molar-refractivity contribution in [2.75, 3.05) is 11.9 Å². The summed E-state index contributed by atoms with van der Waals surface area (Å²) in [6, 6.07) is 5.23. The Balaban J connectivity index is 2.02. The molecule has 5 heteroatoms. The minimum Gasteiger partial charge on any atom is -0.491 e. The molecule has 1 N–H and O–H groups in total. The van der Waals surface area contributed by atoms with Gasteiger partial charge in [0.15, 0.2) is 0 Å². The fourth-order valence-corrected chi connectivity index (χ4v) is 2.16.